The molecule has 22 heavy (non-hydrogen) atoms. The number of hydrogen-bond donors (Lipinski definition) is 0. The molecule has 0 bridgehead atoms. The zero-order valence-electron chi connectivity index (χ0n) is 14.3. The second-order valence-electron chi connectivity index (χ2n) is 6.63. The Morgan fingerprint density at radius 2 is 1.77 bits per heavy atom. The predicted octanol–water partition coefficient (Wildman–Crippen LogP) is 5.03. The molecule has 1 aliphatic heterocycles. The summed E-state index contributed by atoms with van der Waals surface area (Å²) >= 11 is 0. The summed E-state index contributed by atoms with van der Waals surface area (Å²) in [6.45, 7) is 6.68. The highest BCUT2D eigenvalue weighted by Crippen LogP contribution is 2.15. The number of hydrogen-bond acceptors (Lipinski definition) is 2. The van der Waals surface area contributed by atoms with Crippen molar-refractivity contribution < 1.29 is 4.74 Å². The summed E-state index contributed by atoms with van der Waals surface area (Å²) in [5.74, 6) is 0. The van der Waals surface area contributed by atoms with Crippen LogP contribution in [0.25, 0.3) is 0 Å². The third kappa shape index (κ3) is 6.93. The molecule has 0 aliphatic carbocycles. The molecule has 0 N–H and O–H groups in total. The van der Waals surface area contributed by atoms with E-state index in [0.717, 1.165) is 13.2 Å². The molecule has 1 aromatic carbocycles. The van der Waals surface area contributed by atoms with Gasteiger partial charge < -0.3 is 9.64 Å². The lowest BCUT2D eigenvalue weighted by Crippen LogP contribution is -2.37. The van der Waals surface area contributed by atoms with E-state index in [-0.39, 0.29) is 0 Å². The Balaban J connectivity index is 1.77. The normalized spacial score (nSPS) is 17.5. The molecule has 2 nitrogen and oxygen atoms in total. The lowest BCUT2D eigenvalue weighted by atomic mass is 10.1. The van der Waals surface area contributed by atoms with Gasteiger partial charge in [-0.2, -0.15) is 0 Å². The van der Waals surface area contributed by atoms with E-state index < -0.39 is 0 Å². The van der Waals surface area contributed by atoms with Gasteiger partial charge in [-0.05, 0) is 37.9 Å². The van der Waals surface area contributed by atoms with Gasteiger partial charge in [0.1, 0.15) is 0 Å². The molecule has 1 fully saturated rings. The first-order valence-corrected chi connectivity index (χ1v) is 9.26. The molecule has 2 rings (SSSR count). The number of rotatable bonds is 10. The molecule has 1 aliphatic rings. The summed E-state index contributed by atoms with van der Waals surface area (Å²) in [5.41, 5.74) is 1.29. The largest absolute Gasteiger partial charge is 0.372 e. The van der Waals surface area contributed by atoms with Gasteiger partial charge in [-0.1, -0.05) is 69.4 Å². The monoisotopic (exact) mass is 303 g/mol. The van der Waals surface area contributed by atoms with Gasteiger partial charge in [0.05, 0.1) is 12.7 Å². The smallest absolute Gasteiger partial charge is 0.0721 e. The predicted molar refractivity (Wildman–Crippen MR) is 94.1 cm³/mol. The molecular formula is C20H33NO. The summed E-state index contributed by atoms with van der Waals surface area (Å²) in [6.07, 6.45) is 11.1. The summed E-state index contributed by atoms with van der Waals surface area (Å²) in [6, 6.07) is 10.6. The molecule has 1 unspecified atom stereocenters. The number of nitrogens with zero attached hydrogens (tertiary/aromatic N) is 1. The van der Waals surface area contributed by atoms with E-state index in [4.69, 9.17) is 4.74 Å². The van der Waals surface area contributed by atoms with E-state index in [1.165, 1.54) is 70.0 Å². The van der Waals surface area contributed by atoms with Crippen molar-refractivity contribution >= 4 is 0 Å². The van der Waals surface area contributed by atoms with Crippen molar-refractivity contribution in [2.75, 3.05) is 19.6 Å². The van der Waals surface area contributed by atoms with Crippen LogP contribution in [0.4, 0.5) is 0 Å². The van der Waals surface area contributed by atoms with Crippen LogP contribution >= 0.6 is 0 Å². The van der Waals surface area contributed by atoms with Gasteiger partial charge >= 0.3 is 0 Å². The van der Waals surface area contributed by atoms with Crippen molar-refractivity contribution in [1.29, 1.82) is 0 Å². The van der Waals surface area contributed by atoms with Crippen LogP contribution < -0.4 is 0 Å². The number of piperidine rings is 1. The zero-order chi connectivity index (χ0) is 15.5. The Hall–Kier alpha value is -0.860. The fourth-order valence-electron chi connectivity index (χ4n) is 3.24. The van der Waals surface area contributed by atoms with Crippen LogP contribution in [-0.4, -0.2) is 30.6 Å². The average molecular weight is 303 g/mol. The van der Waals surface area contributed by atoms with E-state index in [1.807, 2.05) is 0 Å². The minimum absolute atomic E-state index is 0.398. The highest BCUT2D eigenvalue weighted by atomic mass is 16.5. The van der Waals surface area contributed by atoms with Crippen LogP contribution in [0.15, 0.2) is 30.3 Å². The second-order valence-corrected chi connectivity index (χ2v) is 6.63. The first-order valence-electron chi connectivity index (χ1n) is 9.26. The third-order valence-corrected chi connectivity index (χ3v) is 4.62. The maximum absolute atomic E-state index is 6.27. The summed E-state index contributed by atoms with van der Waals surface area (Å²) in [7, 11) is 0. The van der Waals surface area contributed by atoms with E-state index in [1.54, 1.807) is 0 Å². The van der Waals surface area contributed by atoms with Crippen molar-refractivity contribution in [2.45, 2.75) is 71.0 Å². The van der Waals surface area contributed by atoms with E-state index in [9.17, 15) is 0 Å². The third-order valence-electron chi connectivity index (χ3n) is 4.62. The maximum Gasteiger partial charge on any atom is 0.0721 e. The number of ether oxygens (including phenoxy) is 1. The maximum atomic E-state index is 6.27. The Kier molecular flexibility index (Phi) is 8.59. The van der Waals surface area contributed by atoms with Crippen LogP contribution in [0, 0.1) is 0 Å². The standard InChI is InChI=1S/C20H33NO/c1-2-3-4-9-14-20(17-21-15-10-6-11-16-21)22-18-19-12-7-5-8-13-19/h5,7-8,12-13,20H,2-4,6,9-11,14-18H2,1H3. The van der Waals surface area contributed by atoms with Gasteiger partial charge in [-0.15, -0.1) is 0 Å². The molecule has 0 spiro atoms. The lowest BCUT2D eigenvalue weighted by Gasteiger charge is -2.30. The number of likely N-dealkylation sites (tertiary alicyclic amines) is 1. The highest BCUT2D eigenvalue weighted by molar-refractivity contribution is 5.13. The molecule has 1 saturated heterocycles. The Labute approximate surface area is 136 Å². The van der Waals surface area contributed by atoms with Crippen molar-refractivity contribution in [3.63, 3.8) is 0 Å². The second kappa shape index (κ2) is 10.8. The van der Waals surface area contributed by atoms with Crippen molar-refractivity contribution in [2.24, 2.45) is 0 Å². The van der Waals surface area contributed by atoms with E-state index in [0.29, 0.717) is 6.10 Å². The fourth-order valence-corrected chi connectivity index (χ4v) is 3.24. The molecule has 0 saturated carbocycles. The molecule has 1 atom stereocenters. The Morgan fingerprint density at radius 1 is 1.00 bits per heavy atom. The van der Waals surface area contributed by atoms with Crippen LogP contribution in [-0.2, 0) is 11.3 Å². The van der Waals surface area contributed by atoms with E-state index >= 15 is 0 Å². The van der Waals surface area contributed by atoms with Crippen molar-refractivity contribution in [1.82, 2.24) is 4.90 Å². The molecular weight excluding hydrogens is 270 g/mol. The summed E-state index contributed by atoms with van der Waals surface area (Å²) in [4.78, 5) is 2.61. The number of unbranched alkanes of at least 4 members (excludes halogenated alkanes) is 3. The fraction of sp³-hybridized carbons (Fsp3) is 0.700. The number of benzene rings is 1. The molecule has 1 heterocycles. The first kappa shape index (κ1) is 17.5. The molecule has 2 heteroatoms. The van der Waals surface area contributed by atoms with Gasteiger partial charge in [0.15, 0.2) is 0 Å². The van der Waals surface area contributed by atoms with Gasteiger partial charge in [0, 0.05) is 6.54 Å². The Bertz CT molecular complexity index is 373. The minimum Gasteiger partial charge on any atom is -0.372 e. The minimum atomic E-state index is 0.398. The highest BCUT2D eigenvalue weighted by Gasteiger charge is 2.17. The van der Waals surface area contributed by atoms with Gasteiger partial charge in [-0.3, -0.25) is 0 Å². The van der Waals surface area contributed by atoms with Crippen LogP contribution in [0.2, 0.25) is 0 Å². The summed E-state index contributed by atoms with van der Waals surface area (Å²) in [5, 5.41) is 0. The van der Waals surface area contributed by atoms with Crippen LogP contribution in [0.3, 0.4) is 0 Å². The molecule has 0 aromatic heterocycles. The first-order chi connectivity index (χ1) is 10.9. The summed E-state index contributed by atoms with van der Waals surface area (Å²) < 4.78 is 6.27. The van der Waals surface area contributed by atoms with Crippen LogP contribution in [0.1, 0.15) is 63.9 Å². The quantitative estimate of drug-likeness (QED) is 0.562. The van der Waals surface area contributed by atoms with Crippen LogP contribution in [0.5, 0.6) is 0 Å². The molecule has 0 amide bonds. The Morgan fingerprint density at radius 3 is 2.50 bits per heavy atom. The van der Waals surface area contributed by atoms with Gasteiger partial charge in [0.25, 0.3) is 0 Å². The SMILES string of the molecule is CCCCCCC(CN1CCCCC1)OCc1ccccc1. The zero-order valence-corrected chi connectivity index (χ0v) is 14.3. The molecule has 1 aromatic rings. The van der Waals surface area contributed by atoms with Gasteiger partial charge in [0.2, 0.25) is 0 Å². The molecule has 124 valence electrons. The van der Waals surface area contributed by atoms with Crippen molar-refractivity contribution in [3.8, 4) is 0 Å². The lowest BCUT2D eigenvalue weighted by molar-refractivity contribution is 0.00527. The average Bonchev–Trinajstić information content (AvgIpc) is 2.58. The van der Waals surface area contributed by atoms with Gasteiger partial charge in [-0.25, -0.2) is 0 Å². The van der Waals surface area contributed by atoms with E-state index in [2.05, 4.69) is 42.2 Å². The molecule has 0 radical (unpaired) electrons. The topological polar surface area (TPSA) is 12.5 Å². The van der Waals surface area contributed by atoms with Crippen molar-refractivity contribution in [3.05, 3.63) is 35.9 Å².